The molecule has 8 heavy (non-hydrogen) atoms. The van der Waals surface area contributed by atoms with Crippen LogP contribution in [-0.2, 0) is 0 Å². The molecule has 42 valence electrons. The van der Waals surface area contributed by atoms with Crippen LogP contribution in [0.5, 0.6) is 5.75 Å². The van der Waals surface area contributed by atoms with E-state index in [0.717, 1.165) is 11.1 Å². The Morgan fingerprint density at radius 3 is 1.88 bits per heavy atom. The summed E-state index contributed by atoms with van der Waals surface area (Å²) in [4.78, 5) is 0. The Hall–Kier alpha value is -0.980. The lowest BCUT2D eigenvalue weighted by Crippen LogP contribution is -1.33. The molecular weight excluding hydrogens is 100 g/mol. The summed E-state index contributed by atoms with van der Waals surface area (Å²) in [5.41, 5.74) is 2.06. The van der Waals surface area contributed by atoms with Crippen LogP contribution in [0.3, 0.4) is 0 Å². The van der Waals surface area contributed by atoms with E-state index in [1.807, 2.05) is 18.2 Å². The van der Waals surface area contributed by atoms with Gasteiger partial charge < -0.3 is 5.11 Å². The lowest BCUT2D eigenvalue weighted by atomic mass is 10.6. The highest BCUT2D eigenvalue weighted by Crippen LogP contribution is 2.49. The van der Waals surface area contributed by atoms with Crippen molar-refractivity contribution in [2.45, 2.75) is 7.43 Å². The third kappa shape index (κ3) is 0.360. The number of aromatic hydroxyl groups is 1. The maximum atomic E-state index is 8.71. The number of phenols is 1. The maximum absolute atomic E-state index is 8.71. The molecule has 2 rings (SSSR count). The predicted octanol–water partition coefficient (Wildman–Crippen LogP) is 2.01. The van der Waals surface area contributed by atoms with E-state index in [-0.39, 0.29) is 7.43 Å². The van der Waals surface area contributed by atoms with E-state index in [9.17, 15) is 0 Å². The summed E-state index contributed by atoms with van der Waals surface area (Å²) < 4.78 is 0. The van der Waals surface area contributed by atoms with Crippen LogP contribution in [0, 0.1) is 0 Å². The van der Waals surface area contributed by atoms with Crippen molar-refractivity contribution in [1.29, 1.82) is 0 Å². The molecule has 0 aromatic carbocycles. The van der Waals surface area contributed by atoms with Gasteiger partial charge in [0.25, 0.3) is 0 Å². The fourth-order valence-corrected chi connectivity index (χ4v) is 0.784. The number of para-hydroxylation sites is 1. The molecule has 1 N–H and O–H groups in total. The first-order chi connectivity index (χ1) is 3.39. The highest BCUT2D eigenvalue weighted by molar-refractivity contribution is 5.94. The van der Waals surface area contributed by atoms with Gasteiger partial charge >= 0.3 is 0 Å². The summed E-state index contributed by atoms with van der Waals surface area (Å²) in [6.45, 7) is 0. The average Bonchev–Trinajstić information content (AvgIpc) is 2.26. The number of hydrogen-bond donors (Lipinski definition) is 1. The van der Waals surface area contributed by atoms with E-state index >= 15 is 0 Å². The summed E-state index contributed by atoms with van der Waals surface area (Å²) in [7, 11) is 0. The SMILES string of the molecule is C.Oc1c2cccc1-2. The van der Waals surface area contributed by atoms with Crippen molar-refractivity contribution in [3.63, 3.8) is 0 Å². The van der Waals surface area contributed by atoms with Crippen LogP contribution in [0.25, 0.3) is 11.1 Å². The molecule has 0 saturated carbocycles. The standard InChI is InChI=1S/C6H4O.CH4/c7-6-4-2-1-3-5(4)6;/h1-3,7H;1H4. The van der Waals surface area contributed by atoms with Crippen LogP contribution in [0.4, 0.5) is 0 Å². The van der Waals surface area contributed by atoms with Gasteiger partial charge in [0.15, 0.2) is 0 Å². The van der Waals surface area contributed by atoms with Crippen LogP contribution < -0.4 is 0 Å². The molecule has 0 amide bonds. The van der Waals surface area contributed by atoms with E-state index in [1.54, 1.807) is 0 Å². The van der Waals surface area contributed by atoms with E-state index < -0.39 is 0 Å². The van der Waals surface area contributed by atoms with Gasteiger partial charge in [0.2, 0.25) is 0 Å². The maximum Gasteiger partial charge on any atom is 0.131 e. The normalized spacial score (nSPS) is 10.0. The van der Waals surface area contributed by atoms with Crippen LogP contribution in [0.15, 0.2) is 18.2 Å². The number of hydrogen-bond acceptors (Lipinski definition) is 1. The van der Waals surface area contributed by atoms with Gasteiger partial charge in [0.05, 0.1) is 0 Å². The minimum Gasteiger partial charge on any atom is -0.507 e. The quantitative estimate of drug-likeness (QED) is 0.547. The Kier molecular flexibility index (Phi) is 0.806. The molecule has 1 nitrogen and oxygen atoms in total. The molecule has 0 unspecified atom stereocenters. The van der Waals surface area contributed by atoms with Crippen molar-refractivity contribution in [3.8, 4) is 16.9 Å². The van der Waals surface area contributed by atoms with Gasteiger partial charge in [-0.2, -0.15) is 0 Å². The molecule has 2 aliphatic rings. The zero-order valence-electron chi connectivity index (χ0n) is 3.68. The van der Waals surface area contributed by atoms with Crippen molar-refractivity contribution in [2.24, 2.45) is 0 Å². The topological polar surface area (TPSA) is 20.2 Å². The molecule has 0 bridgehead atoms. The lowest BCUT2D eigenvalue weighted by Gasteiger charge is -1.60. The van der Waals surface area contributed by atoms with Crippen LogP contribution in [0.1, 0.15) is 7.43 Å². The number of rotatable bonds is 0. The molecule has 0 aromatic heterocycles. The van der Waals surface area contributed by atoms with Crippen molar-refractivity contribution >= 4 is 0 Å². The number of fused-ring (bicyclic) bond motifs is 1. The van der Waals surface area contributed by atoms with E-state index in [0.29, 0.717) is 5.75 Å². The van der Waals surface area contributed by atoms with Gasteiger partial charge in [0.1, 0.15) is 5.75 Å². The Balaban J connectivity index is 0.000000320. The second kappa shape index (κ2) is 1.25. The summed E-state index contributed by atoms with van der Waals surface area (Å²) in [5.74, 6) is 0.488. The minimum absolute atomic E-state index is 0. The van der Waals surface area contributed by atoms with Gasteiger partial charge in [-0.25, -0.2) is 0 Å². The first-order valence-electron chi connectivity index (χ1n) is 2.22. The largest absolute Gasteiger partial charge is 0.507 e. The van der Waals surface area contributed by atoms with Crippen LogP contribution in [-0.4, -0.2) is 5.11 Å². The molecule has 2 aliphatic carbocycles. The highest BCUT2D eigenvalue weighted by atomic mass is 16.3. The third-order valence-electron chi connectivity index (χ3n) is 1.26. The smallest absolute Gasteiger partial charge is 0.131 e. The Morgan fingerprint density at radius 2 is 1.62 bits per heavy atom. The molecule has 0 saturated heterocycles. The van der Waals surface area contributed by atoms with Crippen LogP contribution >= 0.6 is 0 Å². The summed E-state index contributed by atoms with van der Waals surface area (Å²) in [6, 6.07) is 5.75. The van der Waals surface area contributed by atoms with E-state index in [1.165, 1.54) is 0 Å². The Morgan fingerprint density at radius 1 is 1.12 bits per heavy atom. The minimum atomic E-state index is 0. The monoisotopic (exact) mass is 108 g/mol. The lowest BCUT2D eigenvalue weighted by molar-refractivity contribution is 0.495. The van der Waals surface area contributed by atoms with Crippen molar-refractivity contribution in [2.75, 3.05) is 0 Å². The van der Waals surface area contributed by atoms with Gasteiger partial charge in [-0.3, -0.25) is 0 Å². The summed E-state index contributed by atoms with van der Waals surface area (Å²) in [5, 5.41) is 8.71. The number of benzene rings is 1. The van der Waals surface area contributed by atoms with E-state index in [2.05, 4.69) is 0 Å². The predicted molar refractivity (Wildman–Crippen MR) is 33.8 cm³/mol. The zero-order chi connectivity index (χ0) is 4.85. The highest BCUT2D eigenvalue weighted by Gasteiger charge is 2.21. The molecule has 0 heterocycles. The summed E-state index contributed by atoms with van der Waals surface area (Å²) >= 11 is 0. The van der Waals surface area contributed by atoms with Gasteiger partial charge in [-0.05, 0) is 0 Å². The second-order valence-corrected chi connectivity index (χ2v) is 1.70. The molecule has 0 aliphatic heterocycles. The summed E-state index contributed by atoms with van der Waals surface area (Å²) in [6.07, 6.45) is 0. The molecule has 0 radical (unpaired) electrons. The second-order valence-electron chi connectivity index (χ2n) is 1.70. The molecule has 0 spiro atoms. The zero-order valence-corrected chi connectivity index (χ0v) is 3.68. The molecule has 1 heteroatoms. The van der Waals surface area contributed by atoms with Crippen LogP contribution in [0.2, 0.25) is 0 Å². The third-order valence-corrected chi connectivity index (χ3v) is 1.26. The molecular formula is C7H8O. The average molecular weight is 108 g/mol. The van der Waals surface area contributed by atoms with Gasteiger partial charge in [-0.15, -0.1) is 0 Å². The van der Waals surface area contributed by atoms with Crippen molar-refractivity contribution < 1.29 is 5.11 Å². The first-order valence-corrected chi connectivity index (χ1v) is 2.22. The first kappa shape index (κ1) is 5.16. The van der Waals surface area contributed by atoms with E-state index in [4.69, 9.17) is 5.11 Å². The van der Waals surface area contributed by atoms with Gasteiger partial charge in [-0.1, -0.05) is 25.6 Å². The Bertz CT molecular complexity index is 195. The number of phenolic OH excluding ortho intramolecular Hbond substituents is 1. The molecule has 0 fully saturated rings. The van der Waals surface area contributed by atoms with Gasteiger partial charge in [0, 0.05) is 11.1 Å². The molecule has 0 atom stereocenters. The Labute approximate surface area is 48.6 Å². The fraction of sp³-hybridized carbons (Fsp3) is 0.143. The fourth-order valence-electron chi connectivity index (χ4n) is 0.784. The molecule has 0 aromatic rings. The van der Waals surface area contributed by atoms with Crippen molar-refractivity contribution in [3.05, 3.63) is 18.2 Å². The van der Waals surface area contributed by atoms with Crippen molar-refractivity contribution in [1.82, 2.24) is 0 Å².